The summed E-state index contributed by atoms with van der Waals surface area (Å²) in [6.07, 6.45) is 8.76. The molecule has 0 saturated heterocycles. The van der Waals surface area contributed by atoms with Crippen LogP contribution in [0.3, 0.4) is 0 Å². The van der Waals surface area contributed by atoms with Crippen LogP contribution in [-0.4, -0.2) is 21.2 Å². The molecule has 2 heterocycles. The Morgan fingerprint density at radius 1 is 1.25 bits per heavy atom. The van der Waals surface area contributed by atoms with Crippen LogP contribution in [0.25, 0.3) is 10.2 Å². The molecule has 1 saturated carbocycles. The van der Waals surface area contributed by atoms with E-state index in [-0.39, 0.29) is 23.3 Å². The number of carbonyl (C=O) groups is 1. The monoisotopic (exact) mass is 363 g/mol. The summed E-state index contributed by atoms with van der Waals surface area (Å²) in [6, 6.07) is 0.204. The van der Waals surface area contributed by atoms with Gasteiger partial charge in [-0.2, -0.15) is 0 Å². The van der Waals surface area contributed by atoms with Crippen LogP contribution in [0.1, 0.15) is 55.0 Å². The summed E-state index contributed by atoms with van der Waals surface area (Å²) in [5.74, 6) is -0.214. The van der Waals surface area contributed by atoms with Gasteiger partial charge >= 0.3 is 0 Å². The summed E-state index contributed by atoms with van der Waals surface area (Å²) in [6.45, 7) is 0. The zero-order valence-corrected chi connectivity index (χ0v) is 15.2. The lowest BCUT2D eigenvalue weighted by Crippen LogP contribution is -2.29. The van der Waals surface area contributed by atoms with Gasteiger partial charge in [-0.05, 0) is 37.7 Å². The molecule has 5 nitrogen and oxygen atoms in total. The average molecular weight is 364 g/mol. The predicted octanol–water partition coefficient (Wildman–Crippen LogP) is 3.03. The molecule has 4 rings (SSSR count). The average Bonchev–Trinajstić information content (AvgIpc) is 3.14. The van der Waals surface area contributed by atoms with Crippen molar-refractivity contribution in [2.24, 2.45) is 5.73 Å². The zero-order chi connectivity index (χ0) is 16.7. The molecule has 0 bridgehead atoms. The number of hydrogen-bond donors (Lipinski definition) is 1. The molecule has 2 aromatic heterocycles. The van der Waals surface area contributed by atoms with Crippen LogP contribution in [0.2, 0.25) is 0 Å². The summed E-state index contributed by atoms with van der Waals surface area (Å²) < 4.78 is 1.88. The van der Waals surface area contributed by atoms with Crippen LogP contribution in [0.4, 0.5) is 0 Å². The van der Waals surface area contributed by atoms with Crippen LogP contribution in [0.5, 0.6) is 0 Å². The Kier molecular flexibility index (Phi) is 4.39. The lowest BCUT2D eigenvalue weighted by molar-refractivity contribution is -0.115. The second-order valence-corrected chi connectivity index (χ2v) is 8.68. The highest BCUT2D eigenvalue weighted by atomic mass is 32.2. The molecule has 2 aromatic rings. The van der Waals surface area contributed by atoms with Crippen LogP contribution >= 0.6 is 23.1 Å². The molecular formula is C17H21N3O2S2. The minimum absolute atomic E-state index is 0.0956. The fourth-order valence-corrected chi connectivity index (χ4v) is 6.04. The summed E-state index contributed by atoms with van der Waals surface area (Å²) in [4.78, 5) is 31.5. The quantitative estimate of drug-likeness (QED) is 0.669. The van der Waals surface area contributed by atoms with Gasteiger partial charge in [0.1, 0.15) is 4.83 Å². The van der Waals surface area contributed by atoms with Crippen molar-refractivity contribution in [2.75, 3.05) is 5.75 Å². The summed E-state index contributed by atoms with van der Waals surface area (Å²) in [5.41, 5.74) is 6.63. The number of nitrogens with two attached hydrogens (primary N) is 1. The molecule has 1 amide bonds. The van der Waals surface area contributed by atoms with Crippen molar-refractivity contribution >= 4 is 39.2 Å². The largest absolute Gasteiger partial charge is 0.369 e. The Morgan fingerprint density at radius 2 is 2.04 bits per heavy atom. The van der Waals surface area contributed by atoms with Crippen molar-refractivity contribution < 1.29 is 4.79 Å². The molecule has 128 valence electrons. The number of carbonyl (C=O) groups excluding carboxylic acids is 1. The lowest BCUT2D eigenvalue weighted by Gasteiger charge is -2.25. The number of thioether (sulfide) groups is 1. The van der Waals surface area contributed by atoms with Crippen molar-refractivity contribution in [3.05, 3.63) is 20.8 Å². The van der Waals surface area contributed by atoms with Crippen LogP contribution < -0.4 is 11.3 Å². The standard InChI is InChI=1S/C17H21N3O2S2/c18-13(21)9-23-17-19-15-14(11-7-4-8-12(11)24-15)16(22)20(17)10-5-2-1-3-6-10/h10H,1-9H2,(H2,18,21). The molecule has 1 fully saturated rings. The number of thiophene rings is 1. The molecule has 0 aliphatic heterocycles. The van der Waals surface area contributed by atoms with Gasteiger partial charge in [-0.1, -0.05) is 31.0 Å². The number of rotatable bonds is 4. The van der Waals surface area contributed by atoms with Crippen molar-refractivity contribution in [3.63, 3.8) is 0 Å². The number of fused-ring (bicyclic) bond motifs is 3. The predicted molar refractivity (Wildman–Crippen MR) is 97.9 cm³/mol. The van der Waals surface area contributed by atoms with Gasteiger partial charge in [0.05, 0.1) is 11.1 Å². The fraction of sp³-hybridized carbons (Fsp3) is 0.588. The number of aromatic nitrogens is 2. The Hall–Kier alpha value is -1.34. The third-order valence-corrected chi connectivity index (χ3v) is 7.18. The van der Waals surface area contributed by atoms with E-state index in [2.05, 4.69) is 0 Å². The van der Waals surface area contributed by atoms with E-state index in [9.17, 15) is 9.59 Å². The summed E-state index contributed by atoms with van der Waals surface area (Å²) in [7, 11) is 0. The molecule has 0 unspecified atom stereocenters. The second-order valence-electron chi connectivity index (χ2n) is 6.65. The minimum atomic E-state index is -0.377. The maximum Gasteiger partial charge on any atom is 0.263 e. The normalized spacial score (nSPS) is 18.2. The first kappa shape index (κ1) is 16.1. The van der Waals surface area contributed by atoms with Crippen LogP contribution in [0.15, 0.2) is 9.95 Å². The van der Waals surface area contributed by atoms with E-state index in [4.69, 9.17) is 10.7 Å². The van der Waals surface area contributed by atoms with Crippen molar-refractivity contribution in [1.82, 2.24) is 9.55 Å². The molecule has 0 radical (unpaired) electrons. The molecule has 24 heavy (non-hydrogen) atoms. The number of aryl methyl sites for hydroxylation is 2. The van der Waals surface area contributed by atoms with E-state index in [0.717, 1.165) is 55.2 Å². The minimum Gasteiger partial charge on any atom is -0.369 e. The molecule has 7 heteroatoms. The van der Waals surface area contributed by atoms with E-state index < -0.39 is 0 Å². The first-order valence-corrected chi connectivity index (χ1v) is 10.4. The second kappa shape index (κ2) is 6.52. The molecular weight excluding hydrogens is 342 g/mol. The highest BCUT2D eigenvalue weighted by Gasteiger charge is 2.27. The maximum absolute atomic E-state index is 13.3. The van der Waals surface area contributed by atoms with Gasteiger partial charge in [-0.3, -0.25) is 14.2 Å². The van der Waals surface area contributed by atoms with E-state index >= 15 is 0 Å². The highest BCUT2D eigenvalue weighted by Crippen LogP contribution is 2.37. The van der Waals surface area contributed by atoms with Crippen LogP contribution in [0, 0.1) is 0 Å². The molecule has 2 aliphatic rings. The lowest BCUT2D eigenvalue weighted by atomic mass is 9.95. The van der Waals surface area contributed by atoms with Gasteiger partial charge in [0, 0.05) is 10.9 Å². The van der Waals surface area contributed by atoms with E-state index in [0.29, 0.717) is 5.16 Å². The van der Waals surface area contributed by atoms with Crippen molar-refractivity contribution in [3.8, 4) is 0 Å². The Balaban J connectivity index is 1.87. The number of amides is 1. The Bertz CT molecular complexity index is 850. The third-order valence-electron chi connectivity index (χ3n) is 5.02. The fourth-order valence-electron chi connectivity index (χ4n) is 3.94. The number of primary amides is 1. The molecule has 2 N–H and O–H groups in total. The van der Waals surface area contributed by atoms with Gasteiger partial charge in [0.15, 0.2) is 5.16 Å². The number of nitrogens with zero attached hydrogens (tertiary/aromatic N) is 2. The topological polar surface area (TPSA) is 78.0 Å². The Morgan fingerprint density at radius 3 is 2.79 bits per heavy atom. The van der Waals surface area contributed by atoms with E-state index in [1.807, 2.05) is 4.57 Å². The van der Waals surface area contributed by atoms with Crippen molar-refractivity contribution in [2.45, 2.75) is 62.6 Å². The molecule has 2 aliphatic carbocycles. The van der Waals surface area contributed by atoms with Crippen molar-refractivity contribution in [1.29, 1.82) is 0 Å². The zero-order valence-electron chi connectivity index (χ0n) is 13.5. The van der Waals surface area contributed by atoms with E-state index in [1.165, 1.54) is 28.6 Å². The Labute approximate surface area is 148 Å². The summed E-state index contributed by atoms with van der Waals surface area (Å²) in [5, 5.41) is 1.50. The first-order chi connectivity index (χ1) is 11.6. The van der Waals surface area contributed by atoms with E-state index in [1.54, 1.807) is 11.3 Å². The molecule has 0 aromatic carbocycles. The van der Waals surface area contributed by atoms with Gasteiger partial charge in [-0.15, -0.1) is 11.3 Å². The third kappa shape index (κ3) is 2.77. The first-order valence-electron chi connectivity index (χ1n) is 8.63. The smallest absolute Gasteiger partial charge is 0.263 e. The van der Waals surface area contributed by atoms with Crippen LogP contribution in [-0.2, 0) is 17.6 Å². The number of hydrogen-bond acceptors (Lipinski definition) is 5. The molecule has 0 atom stereocenters. The van der Waals surface area contributed by atoms with Gasteiger partial charge in [-0.25, -0.2) is 4.98 Å². The highest BCUT2D eigenvalue weighted by molar-refractivity contribution is 7.99. The SMILES string of the molecule is NC(=O)CSc1nc2sc3c(c2c(=O)n1C1CCCCC1)CCC3. The molecule has 0 spiro atoms. The summed E-state index contributed by atoms with van der Waals surface area (Å²) >= 11 is 2.95. The van der Waals surface area contributed by atoms with Gasteiger partial charge < -0.3 is 5.73 Å². The maximum atomic E-state index is 13.3. The van der Waals surface area contributed by atoms with Gasteiger partial charge in [0.2, 0.25) is 5.91 Å². The van der Waals surface area contributed by atoms with Gasteiger partial charge in [0.25, 0.3) is 5.56 Å².